The number of nitrogens with one attached hydrogen (secondary N) is 3. The third-order valence-corrected chi connectivity index (χ3v) is 10.5. The Morgan fingerprint density at radius 3 is 2.33 bits per heavy atom. The van der Waals surface area contributed by atoms with Gasteiger partial charge in [0.15, 0.2) is 5.82 Å². The number of Topliss-reactive ketones (excluding diaryl/α,β-unsaturated/α-hetero) is 1. The first-order valence-corrected chi connectivity index (χ1v) is 18.8. The van der Waals surface area contributed by atoms with E-state index in [4.69, 9.17) is 9.72 Å². The monoisotopic (exact) mass is 709 g/mol. The quantitative estimate of drug-likeness (QED) is 0.173. The Morgan fingerprint density at radius 1 is 1.04 bits per heavy atom. The molecule has 2 aromatic carbocycles. The van der Waals surface area contributed by atoms with Crippen LogP contribution < -0.4 is 30.5 Å². The van der Waals surface area contributed by atoms with Gasteiger partial charge in [0.1, 0.15) is 23.3 Å². The summed E-state index contributed by atoms with van der Waals surface area (Å²) in [6, 6.07) is 12.5. The number of hydrogen-bond acceptors (Lipinski definition) is 9. The van der Waals surface area contributed by atoms with Crippen molar-refractivity contribution in [3.05, 3.63) is 65.9 Å². The summed E-state index contributed by atoms with van der Waals surface area (Å²) in [5.74, 6) is 2.54. The number of nitrogens with zero attached hydrogens (tertiary/aromatic N) is 4. The van der Waals surface area contributed by atoms with Crippen LogP contribution in [0, 0.1) is 5.92 Å². The predicted molar refractivity (Wildman–Crippen MR) is 210 cm³/mol. The van der Waals surface area contributed by atoms with Crippen molar-refractivity contribution < 1.29 is 19.1 Å². The highest BCUT2D eigenvalue weighted by Gasteiger charge is 2.41. The number of anilines is 5. The minimum atomic E-state index is -0.276. The van der Waals surface area contributed by atoms with E-state index in [-0.39, 0.29) is 35.7 Å². The van der Waals surface area contributed by atoms with Gasteiger partial charge >= 0.3 is 0 Å². The average molecular weight is 710 g/mol. The molecule has 0 spiro atoms. The minimum absolute atomic E-state index is 0.0681. The highest BCUT2D eigenvalue weighted by atomic mass is 16.5. The smallest absolute Gasteiger partial charge is 0.255 e. The predicted octanol–water partition coefficient (Wildman–Crippen LogP) is 7.76. The second-order valence-electron chi connectivity index (χ2n) is 14.2. The number of ether oxygens (including phenoxy) is 1. The number of methoxy groups -OCH3 is 1. The van der Waals surface area contributed by atoms with Crippen molar-refractivity contribution >= 4 is 52.5 Å². The van der Waals surface area contributed by atoms with E-state index < -0.39 is 0 Å². The van der Waals surface area contributed by atoms with Gasteiger partial charge in [0.25, 0.3) is 5.91 Å². The van der Waals surface area contributed by atoms with E-state index >= 15 is 0 Å². The van der Waals surface area contributed by atoms with E-state index in [2.05, 4.69) is 32.8 Å². The minimum Gasteiger partial charge on any atom is -0.495 e. The van der Waals surface area contributed by atoms with Gasteiger partial charge in [0.05, 0.1) is 25.0 Å². The first kappa shape index (κ1) is 38.5. The summed E-state index contributed by atoms with van der Waals surface area (Å²) in [5, 5.41) is 9.20. The molecule has 11 nitrogen and oxygen atoms in total. The zero-order chi connectivity index (χ0) is 37.2. The van der Waals surface area contributed by atoms with E-state index in [1.165, 1.54) is 25.7 Å². The van der Waals surface area contributed by atoms with Crippen LogP contribution in [-0.4, -0.2) is 66.9 Å². The molecule has 2 amide bonds. The largest absolute Gasteiger partial charge is 0.495 e. The van der Waals surface area contributed by atoms with E-state index in [1.54, 1.807) is 57.4 Å². The van der Waals surface area contributed by atoms with E-state index in [1.807, 2.05) is 43.3 Å². The molecule has 2 heterocycles. The van der Waals surface area contributed by atoms with Crippen molar-refractivity contribution in [2.75, 3.05) is 41.6 Å². The van der Waals surface area contributed by atoms with E-state index in [0.717, 1.165) is 43.0 Å². The summed E-state index contributed by atoms with van der Waals surface area (Å²) in [6.45, 7) is 5.95. The van der Waals surface area contributed by atoms with Crippen molar-refractivity contribution in [3.63, 3.8) is 0 Å². The summed E-state index contributed by atoms with van der Waals surface area (Å²) in [6.07, 6.45) is 17.2. The van der Waals surface area contributed by atoms with Crippen LogP contribution in [0.1, 0.15) is 101 Å². The fourth-order valence-electron chi connectivity index (χ4n) is 7.34. The number of hydrogen-bond donors (Lipinski definition) is 3. The second-order valence-corrected chi connectivity index (χ2v) is 14.2. The third-order valence-electron chi connectivity index (χ3n) is 10.5. The van der Waals surface area contributed by atoms with Crippen molar-refractivity contribution in [3.8, 4) is 5.75 Å². The topological polar surface area (TPSA) is 129 Å². The molecule has 1 aliphatic heterocycles. The fraction of sp³-hybridized carbons (Fsp3) is 0.488. The molecule has 2 fully saturated rings. The highest BCUT2D eigenvalue weighted by Crippen LogP contribution is 2.40. The summed E-state index contributed by atoms with van der Waals surface area (Å²) in [7, 11) is 5.10. The van der Waals surface area contributed by atoms with E-state index in [0.29, 0.717) is 47.2 Å². The summed E-state index contributed by atoms with van der Waals surface area (Å²) < 4.78 is 5.64. The van der Waals surface area contributed by atoms with Crippen LogP contribution in [0.15, 0.2) is 54.7 Å². The Hall–Kier alpha value is -4.77. The van der Waals surface area contributed by atoms with Crippen LogP contribution in [0.3, 0.4) is 0 Å². The third kappa shape index (κ3) is 9.36. The maximum atomic E-state index is 13.2. The van der Waals surface area contributed by atoms with Gasteiger partial charge in [-0.1, -0.05) is 76.7 Å². The van der Waals surface area contributed by atoms with Gasteiger partial charge in [-0.05, 0) is 81.5 Å². The van der Waals surface area contributed by atoms with Crippen molar-refractivity contribution in [1.29, 1.82) is 0 Å². The van der Waals surface area contributed by atoms with Crippen molar-refractivity contribution in [2.24, 2.45) is 5.92 Å². The van der Waals surface area contributed by atoms with Gasteiger partial charge in [-0.25, -0.2) is 4.98 Å². The molecule has 0 saturated heterocycles. The summed E-state index contributed by atoms with van der Waals surface area (Å²) in [5.41, 5.74) is 3.36. The number of benzene rings is 2. The molecule has 3 aliphatic rings. The molecule has 2 aliphatic carbocycles. The number of ketones is 1. The molecule has 278 valence electrons. The molecule has 3 aromatic rings. The molecule has 1 aromatic heterocycles. The van der Waals surface area contributed by atoms with Gasteiger partial charge in [0, 0.05) is 24.3 Å². The lowest BCUT2D eigenvalue weighted by Gasteiger charge is -2.43. The van der Waals surface area contributed by atoms with E-state index in [9.17, 15) is 14.4 Å². The zero-order valence-corrected chi connectivity index (χ0v) is 31.6. The van der Waals surface area contributed by atoms with Gasteiger partial charge < -0.3 is 30.5 Å². The van der Waals surface area contributed by atoms with Crippen LogP contribution in [0.2, 0.25) is 0 Å². The Balaban J connectivity index is 0.000000790. The van der Waals surface area contributed by atoms with Gasteiger partial charge in [-0.15, -0.1) is 0 Å². The standard InChI is InChI=1S/C35H43N7O4.C6H12/c1-6-29-34(45)41(4)30-21-37-35(40-32(30)42(29)26-11-7-8-12-26)39-28-19-16-24(20-31(28)46-5)33(44)38-25-17-14-23(15-18-25)10-9-13-27(36-3)22(2)43;1-6-4-2-3-5-6/h9-10,14-21,26-27,29,36H,6-8,11-13H2,1-5H3,(H,38,44)(H,37,39,40);6H,2-5H2,1H3/b10-9+;. The lowest BCUT2D eigenvalue weighted by Crippen LogP contribution is -2.55. The number of aromatic nitrogens is 2. The van der Waals surface area contributed by atoms with Crippen molar-refractivity contribution in [1.82, 2.24) is 15.3 Å². The Labute approximate surface area is 308 Å². The SMILES string of the molecule is CC1CCCC1.CCC1C(=O)N(C)c2cnc(Nc3ccc(C(=O)Nc4ccc(/C=C/CC(NC)C(C)=O)cc4)cc3OC)nc2N1C1CCCC1. The highest BCUT2D eigenvalue weighted by molar-refractivity contribution is 6.05. The maximum Gasteiger partial charge on any atom is 0.255 e. The molecule has 3 N–H and O–H groups in total. The second kappa shape index (κ2) is 18.1. The molecule has 11 heteroatoms. The van der Waals surface area contributed by atoms with Crippen LogP contribution in [0.5, 0.6) is 5.75 Å². The van der Waals surface area contributed by atoms with Gasteiger partial charge in [0.2, 0.25) is 11.9 Å². The molecule has 2 unspecified atom stereocenters. The molecule has 6 rings (SSSR count). The number of carbonyl (C=O) groups excluding carboxylic acids is 3. The molecule has 52 heavy (non-hydrogen) atoms. The summed E-state index contributed by atoms with van der Waals surface area (Å²) >= 11 is 0. The molecular formula is C41H55N7O4. The Bertz CT molecular complexity index is 1710. The molecule has 0 bridgehead atoms. The fourth-order valence-corrected chi connectivity index (χ4v) is 7.34. The van der Waals surface area contributed by atoms with Crippen molar-refractivity contribution in [2.45, 2.75) is 103 Å². The van der Waals surface area contributed by atoms with Crippen LogP contribution >= 0.6 is 0 Å². The molecule has 2 atom stereocenters. The Morgan fingerprint density at radius 2 is 1.73 bits per heavy atom. The van der Waals surface area contributed by atoms with Gasteiger partial charge in [-0.3, -0.25) is 14.4 Å². The normalized spacial score (nSPS) is 18.2. The number of likely N-dealkylation sites (N-methyl/N-ethyl adjacent to an activating group) is 2. The number of fused-ring (bicyclic) bond motifs is 1. The molecular weight excluding hydrogens is 654 g/mol. The Kier molecular flexibility index (Phi) is 13.4. The maximum absolute atomic E-state index is 13.2. The molecule has 2 saturated carbocycles. The number of amides is 2. The molecule has 0 radical (unpaired) electrons. The zero-order valence-electron chi connectivity index (χ0n) is 31.6. The van der Waals surface area contributed by atoms with Crippen LogP contribution in [-0.2, 0) is 9.59 Å². The number of rotatable bonds is 12. The van der Waals surface area contributed by atoms with Gasteiger partial charge in [-0.2, -0.15) is 4.98 Å². The first-order valence-electron chi connectivity index (χ1n) is 18.8. The average Bonchev–Trinajstić information content (AvgIpc) is 3.87. The number of carbonyl (C=O) groups is 3. The van der Waals surface area contributed by atoms with Crippen LogP contribution in [0.25, 0.3) is 6.08 Å². The van der Waals surface area contributed by atoms with Crippen LogP contribution in [0.4, 0.5) is 28.8 Å². The lowest BCUT2D eigenvalue weighted by atomic mass is 10.0. The lowest BCUT2D eigenvalue weighted by molar-refractivity contribution is -0.120. The first-order chi connectivity index (χ1) is 25.1. The summed E-state index contributed by atoms with van der Waals surface area (Å²) in [4.78, 5) is 51.2.